The highest BCUT2D eigenvalue weighted by Crippen LogP contribution is 2.26. The van der Waals surface area contributed by atoms with Crippen molar-refractivity contribution in [3.05, 3.63) is 59.1 Å². The van der Waals surface area contributed by atoms with Crippen molar-refractivity contribution < 1.29 is 18.0 Å². The Kier molecular flexibility index (Phi) is 8.37. The van der Waals surface area contributed by atoms with E-state index in [9.17, 15) is 18.0 Å². The van der Waals surface area contributed by atoms with Gasteiger partial charge in [-0.25, -0.2) is 8.42 Å². The SMILES string of the molecule is CCC(C(=O)Nc1ccccc1C(=O)N1CCCCCC1)N(c1ccc(Cl)cc1)S(C)(=O)=O. The van der Waals surface area contributed by atoms with Gasteiger partial charge in [-0.1, -0.05) is 43.5 Å². The Morgan fingerprint density at radius 2 is 1.64 bits per heavy atom. The van der Waals surface area contributed by atoms with Crippen molar-refractivity contribution in [3.8, 4) is 0 Å². The van der Waals surface area contributed by atoms with Crippen molar-refractivity contribution >= 4 is 44.8 Å². The summed E-state index contributed by atoms with van der Waals surface area (Å²) >= 11 is 5.95. The molecule has 1 fully saturated rings. The van der Waals surface area contributed by atoms with Gasteiger partial charge < -0.3 is 10.2 Å². The molecule has 1 atom stereocenters. The molecule has 1 heterocycles. The van der Waals surface area contributed by atoms with E-state index >= 15 is 0 Å². The van der Waals surface area contributed by atoms with Gasteiger partial charge in [-0.05, 0) is 55.7 Å². The van der Waals surface area contributed by atoms with Crippen LogP contribution in [0, 0.1) is 0 Å². The van der Waals surface area contributed by atoms with Gasteiger partial charge in [-0.2, -0.15) is 0 Å². The lowest BCUT2D eigenvalue weighted by Crippen LogP contribution is -2.47. The smallest absolute Gasteiger partial charge is 0.255 e. The Bertz CT molecular complexity index is 1080. The van der Waals surface area contributed by atoms with E-state index in [2.05, 4.69) is 5.32 Å². The summed E-state index contributed by atoms with van der Waals surface area (Å²) in [6.45, 7) is 3.13. The third-order valence-electron chi connectivity index (χ3n) is 5.72. The number of carbonyl (C=O) groups excluding carboxylic acids is 2. The lowest BCUT2D eigenvalue weighted by atomic mass is 10.1. The van der Waals surface area contributed by atoms with E-state index < -0.39 is 22.0 Å². The Hall–Kier alpha value is -2.58. The zero-order valence-corrected chi connectivity index (χ0v) is 20.5. The number of hydrogen-bond acceptors (Lipinski definition) is 4. The van der Waals surface area contributed by atoms with Crippen LogP contribution in [0.3, 0.4) is 0 Å². The summed E-state index contributed by atoms with van der Waals surface area (Å²) in [7, 11) is -3.77. The monoisotopic (exact) mass is 491 g/mol. The first-order chi connectivity index (χ1) is 15.7. The summed E-state index contributed by atoms with van der Waals surface area (Å²) in [5.41, 5.74) is 1.12. The van der Waals surface area contributed by atoms with Crippen molar-refractivity contribution in [1.82, 2.24) is 4.90 Å². The predicted octanol–water partition coefficient (Wildman–Crippen LogP) is 4.54. The molecule has 0 aromatic heterocycles. The molecule has 2 amide bonds. The number of rotatable bonds is 7. The number of nitrogens with one attached hydrogen (secondary N) is 1. The number of sulfonamides is 1. The maximum absolute atomic E-state index is 13.3. The topological polar surface area (TPSA) is 86.8 Å². The maximum atomic E-state index is 13.3. The number of nitrogens with zero attached hydrogens (tertiary/aromatic N) is 2. The molecule has 0 radical (unpaired) electrons. The molecular formula is C24H30ClN3O4S. The predicted molar refractivity (Wildman–Crippen MR) is 132 cm³/mol. The largest absolute Gasteiger partial charge is 0.339 e. The fraction of sp³-hybridized carbons (Fsp3) is 0.417. The molecule has 33 heavy (non-hydrogen) atoms. The molecule has 0 aliphatic carbocycles. The van der Waals surface area contributed by atoms with Crippen molar-refractivity contribution in [3.63, 3.8) is 0 Å². The summed E-state index contributed by atoms with van der Waals surface area (Å²) in [6, 6.07) is 12.1. The number of hydrogen-bond donors (Lipinski definition) is 1. The molecule has 7 nitrogen and oxygen atoms in total. The van der Waals surface area contributed by atoms with Crippen LogP contribution in [-0.4, -0.2) is 50.5 Å². The fourth-order valence-corrected chi connectivity index (χ4v) is 5.42. The van der Waals surface area contributed by atoms with Crippen molar-refractivity contribution in [2.45, 2.75) is 45.1 Å². The quantitative estimate of drug-likeness (QED) is 0.616. The Morgan fingerprint density at radius 3 is 2.21 bits per heavy atom. The number of amides is 2. The van der Waals surface area contributed by atoms with E-state index in [4.69, 9.17) is 11.6 Å². The first kappa shape index (κ1) is 25.1. The lowest BCUT2D eigenvalue weighted by molar-refractivity contribution is -0.117. The van der Waals surface area contributed by atoms with Gasteiger partial charge in [0.1, 0.15) is 6.04 Å². The number of likely N-dealkylation sites (tertiary alicyclic amines) is 1. The number of halogens is 1. The molecule has 0 spiro atoms. The molecule has 1 N–H and O–H groups in total. The van der Waals surface area contributed by atoms with Crippen LogP contribution in [0.5, 0.6) is 0 Å². The Labute approximate surface area is 200 Å². The molecule has 2 aromatic rings. The Balaban J connectivity index is 1.88. The zero-order valence-electron chi connectivity index (χ0n) is 19.0. The second-order valence-electron chi connectivity index (χ2n) is 8.20. The van der Waals surface area contributed by atoms with Gasteiger partial charge >= 0.3 is 0 Å². The van der Waals surface area contributed by atoms with Crippen LogP contribution in [0.4, 0.5) is 11.4 Å². The number of anilines is 2. The molecule has 9 heteroatoms. The van der Waals surface area contributed by atoms with Gasteiger partial charge in [0.2, 0.25) is 15.9 Å². The number of carbonyl (C=O) groups is 2. The summed E-state index contributed by atoms with van der Waals surface area (Å²) in [4.78, 5) is 28.3. The Morgan fingerprint density at radius 1 is 1.03 bits per heavy atom. The van der Waals surface area contributed by atoms with E-state index in [1.165, 1.54) is 0 Å². The van der Waals surface area contributed by atoms with Crippen LogP contribution in [0.25, 0.3) is 0 Å². The normalized spacial score (nSPS) is 15.4. The van der Waals surface area contributed by atoms with Crippen LogP contribution in [0.1, 0.15) is 49.4 Å². The van der Waals surface area contributed by atoms with E-state index in [1.807, 2.05) is 4.90 Å². The molecule has 178 valence electrons. The second kappa shape index (κ2) is 11.0. The fourth-order valence-electron chi connectivity index (χ4n) is 4.09. The minimum absolute atomic E-state index is 0.126. The van der Waals surface area contributed by atoms with E-state index in [0.29, 0.717) is 35.1 Å². The molecule has 3 rings (SSSR count). The molecule has 0 saturated carbocycles. The van der Waals surface area contributed by atoms with Crippen molar-refractivity contribution in [2.24, 2.45) is 0 Å². The van der Waals surface area contributed by atoms with Crippen LogP contribution < -0.4 is 9.62 Å². The van der Waals surface area contributed by atoms with Crippen LogP contribution in [0.2, 0.25) is 5.02 Å². The first-order valence-corrected chi connectivity index (χ1v) is 13.4. The third-order valence-corrected chi connectivity index (χ3v) is 7.15. The van der Waals surface area contributed by atoms with Crippen molar-refractivity contribution in [2.75, 3.05) is 29.0 Å². The molecule has 1 unspecified atom stereocenters. The highest BCUT2D eigenvalue weighted by molar-refractivity contribution is 7.92. The third kappa shape index (κ3) is 6.26. The summed E-state index contributed by atoms with van der Waals surface area (Å²) in [6.07, 6.45) is 5.43. The molecule has 1 aliphatic heterocycles. The van der Waals surface area contributed by atoms with Crippen LogP contribution in [-0.2, 0) is 14.8 Å². The van der Waals surface area contributed by atoms with Gasteiger partial charge in [0.25, 0.3) is 5.91 Å². The highest BCUT2D eigenvalue weighted by atomic mass is 35.5. The average molecular weight is 492 g/mol. The molecular weight excluding hydrogens is 462 g/mol. The maximum Gasteiger partial charge on any atom is 0.255 e. The second-order valence-corrected chi connectivity index (χ2v) is 10.5. The van der Waals surface area contributed by atoms with E-state index in [1.54, 1.807) is 55.5 Å². The minimum Gasteiger partial charge on any atom is -0.339 e. The van der Waals surface area contributed by atoms with E-state index in [0.717, 1.165) is 36.2 Å². The minimum atomic E-state index is -3.77. The van der Waals surface area contributed by atoms with Gasteiger partial charge in [0.15, 0.2) is 0 Å². The zero-order chi connectivity index (χ0) is 24.0. The van der Waals surface area contributed by atoms with Gasteiger partial charge in [0.05, 0.1) is 23.2 Å². The summed E-state index contributed by atoms with van der Waals surface area (Å²) < 4.78 is 26.4. The van der Waals surface area contributed by atoms with E-state index in [-0.39, 0.29) is 12.3 Å². The molecule has 1 aliphatic rings. The standard InChI is InChI=1S/C24H30ClN3O4S/c1-3-22(28(33(2,31)32)19-14-12-18(25)13-15-19)23(29)26-21-11-7-6-10-20(21)24(30)27-16-8-4-5-9-17-27/h6-7,10-15,22H,3-5,8-9,16-17H2,1-2H3,(H,26,29). The van der Waals surface area contributed by atoms with Crippen LogP contribution >= 0.6 is 11.6 Å². The molecule has 0 bridgehead atoms. The van der Waals surface area contributed by atoms with Crippen LogP contribution in [0.15, 0.2) is 48.5 Å². The average Bonchev–Trinajstić information content (AvgIpc) is 3.07. The number of benzene rings is 2. The molecule has 2 aromatic carbocycles. The molecule has 1 saturated heterocycles. The van der Waals surface area contributed by atoms with Gasteiger partial charge in [-0.3, -0.25) is 13.9 Å². The summed E-state index contributed by atoms with van der Waals surface area (Å²) in [5, 5.41) is 3.28. The summed E-state index contributed by atoms with van der Waals surface area (Å²) in [5.74, 6) is -0.632. The highest BCUT2D eigenvalue weighted by Gasteiger charge is 2.32. The first-order valence-electron chi connectivity index (χ1n) is 11.2. The number of para-hydroxylation sites is 1. The lowest BCUT2D eigenvalue weighted by Gasteiger charge is -2.30. The van der Waals surface area contributed by atoms with Gasteiger partial charge in [0, 0.05) is 18.1 Å². The van der Waals surface area contributed by atoms with Gasteiger partial charge in [-0.15, -0.1) is 0 Å². The van der Waals surface area contributed by atoms with Crippen molar-refractivity contribution in [1.29, 1.82) is 0 Å².